The van der Waals surface area contributed by atoms with Crippen LogP contribution in [-0.2, 0) is 10.0 Å². The third-order valence-corrected chi connectivity index (χ3v) is 7.03. The molecule has 7 nitrogen and oxygen atoms in total. The largest absolute Gasteiger partial charge is 0.497 e. The summed E-state index contributed by atoms with van der Waals surface area (Å²) < 4.78 is 44.6. The number of hydrogen-bond donors (Lipinski definition) is 0. The molecule has 0 aliphatic carbocycles. The van der Waals surface area contributed by atoms with Crippen LogP contribution in [0.3, 0.4) is 0 Å². The summed E-state index contributed by atoms with van der Waals surface area (Å²) in [7, 11) is 0.784. The topological polar surface area (TPSA) is 77.4 Å². The Hall–Kier alpha value is -3.52. The third-order valence-electron chi connectivity index (χ3n) is 5.34. The molecule has 0 fully saturated rings. The molecule has 1 heterocycles. The second-order valence-electron chi connectivity index (χ2n) is 7.20. The Morgan fingerprint density at radius 2 is 1.47 bits per heavy atom. The number of benzene rings is 3. The van der Waals surface area contributed by atoms with E-state index in [2.05, 4.69) is 5.10 Å². The van der Waals surface area contributed by atoms with E-state index in [0.717, 1.165) is 5.56 Å². The highest BCUT2D eigenvalue weighted by Crippen LogP contribution is 2.40. The van der Waals surface area contributed by atoms with Gasteiger partial charge in [-0.2, -0.15) is 17.9 Å². The quantitative estimate of drug-likeness (QED) is 0.536. The molecule has 1 aliphatic rings. The highest BCUT2D eigenvalue weighted by Gasteiger charge is 2.38. The SMILES string of the molecule is COc1cc(OC)cc([C@@H]2CC(c3ccccc3OC)=NN2S(=O)(=O)c2ccccc2)c1. The number of hydrazone groups is 1. The first-order chi connectivity index (χ1) is 15.5. The van der Waals surface area contributed by atoms with E-state index in [9.17, 15) is 8.42 Å². The fraction of sp³-hybridized carbons (Fsp3) is 0.208. The molecule has 1 aliphatic heterocycles. The predicted molar refractivity (Wildman–Crippen MR) is 122 cm³/mol. The zero-order valence-electron chi connectivity index (χ0n) is 18.1. The van der Waals surface area contributed by atoms with Gasteiger partial charge in [0, 0.05) is 18.1 Å². The Balaban J connectivity index is 1.86. The molecule has 0 saturated heterocycles. The summed E-state index contributed by atoms with van der Waals surface area (Å²) in [5.74, 6) is 1.77. The molecule has 3 aromatic carbocycles. The van der Waals surface area contributed by atoms with Gasteiger partial charge in [-0.15, -0.1) is 0 Å². The van der Waals surface area contributed by atoms with Gasteiger partial charge in [0.25, 0.3) is 10.0 Å². The molecule has 32 heavy (non-hydrogen) atoms. The first-order valence-corrected chi connectivity index (χ1v) is 11.4. The van der Waals surface area contributed by atoms with E-state index in [0.29, 0.717) is 34.9 Å². The summed E-state index contributed by atoms with van der Waals surface area (Å²) in [6.45, 7) is 0. The molecule has 0 amide bonds. The zero-order valence-corrected chi connectivity index (χ0v) is 18.9. The summed E-state index contributed by atoms with van der Waals surface area (Å²) in [4.78, 5) is 0.171. The van der Waals surface area contributed by atoms with E-state index in [-0.39, 0.29) is 4.90 Å². The standard InChI is InChI=1S/C24H24N2O5S/c1-29-18-13-17(14-19(15-18)30-2)23-16-22(21-11-7-8-12-24(21)31-3)25-26(23)32(27,28)20-9-5-4-6-10-20/h4-15,23H,16H2,1-3H3/t23-/m0/s1. The van der Waals surface area contributed by atoms with Crippen LogP contribution in [0.15, 0.2) is 82.8 Å². The average Bonchev–Trinajstić information content (AvgIpc) is 3.30. The van der Waals surface area contributed by atoms with Crippen molar-refractivity contribution >= 4 is 15.7 Å². The van der Waals surface area contributed by atoms with Crippen LogP contribution < -0.4 is 14.2 Å². The Kier molecular flexibility index (Phi) is 6.05. The Morgan fingerprint density at radius 1 is 0.844 bits per heavy atom. The fourth-order valence-corrected chi connectivity index (χ4v) is 5.18. The predicted octanol–water partition coefficient (Wildman–Crippen LogP) is 4.25. The van der Waals surface area contributed by atoms with Crippen molar-refractivity contribution in [3.8, 4) is 17.2 Å². The van der Waals surface area contributed by atoms with Crippen molar-refractivity contribution in [3.63, 3.8) is 0 Å². The van der Waals surface area contributed by atoms with E-state index in [1.54, 1.807) is 69.9 Å². The second-order valence-corrected chi connectivity index (χ2v) is 9.00. The molecule has 0 unspecified atom stereocenters. The number of hydrogen-bond acceptors (Lipinski definition) is 6. The van der Waals surface area contributed by atoms with Crippen LogP contribution >= 0.6 is 0 Å². The van der Waals surface area contributed by atoms with Gasteiger partial charge in [0.2, 0.25) is 0 Å². The number of methoxy groups -OCH3 is 3. The summed E-state index contributed by atoms with van der Waals surface area (Å²) in [5, 5.41) is 4.58. The van der Waals surface area contributed by atoms with Gasteiger partial charge in [-0.1, -0.05) is 30.3 Å². The molecule has 8 heteroatoms. The van der Waals surface area contributed by atoms with Crippen molar-refractivity contribution in [3.05, 3.63) is 83.9 Å². The van der Waals surface area contributed by atoms with Crippen molar-refractivity contribution < 1.29 is 22.6 Å². The molecule has 3 aromatic rings. The number of para-hydroxylation sites is 1. The van der Waals surface area contributed by atoms with Crippen molar-refractivity contribution in [2.75, 3.05) is 21.3 Å². The van der Waals surface area contributed by atoms with Gasteiger partial charge in [0.05, 0.1) is 38.0 Å². The Morgan fingerprint density at radius 3 is 2.09 bits per heavy atom. The van der Waals surface area contributed by atoms with Crippen LogP contribution in [0.5, 0.6) is 17.2 Å². The van der Waals surface area contributed by atoms with Crippen LogP contribution in [0.2, 0.25) is 0 Å². The molecule has 4 rings (SSSR count). The maximum atomic E-state index is 13.6. The smallest absolute Gasteiger partial charge is 0.279 e. The molecule has 0 aromatic heterocycles. The van der Waals surface area contributed by atoms with Gasteiger partial charge in [-0.25, -0.2) is 0 Å². The maximum absolute atomic E-state index is 13.6. The highest BCUT2D eigenvalue weighted by molar-refractivity contribution is 7.89. The minimum absolute atomic E-state index is 0.171. The molecule has 1 atom stereocenters. The van der Waals surface area contributed by atoms with Gasteiger partial charge in [-0.05, 0) is 42.0 Å². The first-order valence-electron chi connectivity index (χ1n) is 10.0. The third kappa shape index (κ3) is 4.01. The average molecular weight is 453 g/mol. The maximum Gasteiger partial charge on any atom is 0.279 e. The molecule has 0 saturated carbocycles. The first kappa shape index (κ1) is 21.7. The van der Waals surface area contributed by atoms with Crippen LogP contribution in [0.4, 0.5) is 0 Å². The molecule has 0 N–H and O–H groups in total. The molecule has 0 bridgehead atoms. The monoisotopic (exact) mass is 452 g/mol. The molecule has 166 valence electrons. The van der Waals surface area contributed by atoms with Crippen LogP contribution in [0.25, 0.3) is 0 Å². The van der Waals surface area contributed by atoms with Crippen molar-refractivity contribution in [2.24, 2.45) is 5.10 Å². The second kappa shape index (κ2) is 8.92. The number of rotatable bonds is 7. The van der Waals surface area contributed by atoms with Crippen LogP contribution in [-0.4, -0.2) is 39.9 Å². The van der Waals surface area contributed by atoms with E-state index >= 15 is 0 Å². The van der Waals surface area contributed by atoms with Gasteiger partial charge in [0.15, 0.2) is 0 Å². The molecule has 0 spiro atoms. The lowest BCUT2D eigenvalue weighted by Gasteiger charge is -2.24. The summed E-state index contributed by atoms with van der Waals surface area (Å²) in [6, 6.07) is 20.5. The lowest BCUT2D eigenvalue weighted by Crippen LogP contribution is -2.27. The van der Waals surface area contributed by atoms with Gasteiger partial charge in [-0.3, -0.25) is 0 Å². The molecular formula is C24H24N2O5S. The summed E-state index contributed by atoms with van der Waals surface area (Å²) >= 11 is 0. The lowest BCUT2D eigenvalue weighted by atomic mass is 9.98. The normalized spacial score (nSPS) is 15.9. The minimum Gasteiger partial charge on any atom is -0.497 e. The number of sulfonamides is 1. The number of ether oxygens (including phenoxy) is 3. The summed E-state index contributed by atoms with van der Waals surface area (Å²) in [5.41, 5.74) is 2.09. The van der Waals surface area contributed by atoms with Crippen molar-refractivity contribution in [1.29, 1.82) is 0 Å². The lowest BCUT2D eigenvalue weighted by molar-refractivity contribution is 0.362. The van der Waals surface area contributed by atoms with E-state index < -0.39 is 16.1 Å². The highest BCUT2D eigenvalue weighted by atomic mass is 32.2. The van der Waals surface area contributed by atoms with E-state index in [1.165, 1.54) is 4.41 Å². The van der Waals surface area contributed by atoms with Gasteiger partial charge < -0.3 is 14.2 Å². The molecular weight excluding hydrogens is 428 g/mol. The van der Waals surface area contributed by atoms with Crippen LogP contribution in [0.1, 0.15) is 23.6 Å². The molecule has 0 radical (unpaired) electrons. The van der Waals surface area contributed by atoms with Gasteiger partial charge >= 0.3 is 0 Å². The van der Waals surface area contributed by atoms with E-state index in [1.807, 2.05) is 24.3 Å². The van der Waals surface area contributed by atoms with E-state index in [4.69, 9.17) is 14.2 Å². The van der Waals surface area contributed by atoms with Crippen molar-refractivity contribution in [2.45, 2.75) is 17.4 Å². The van der Waals surface area contributed by atoms with Gasteiger partial charge in [0.1, 0.15) is 17.2 Å². The summed E-state index contributed by atoms with van der Waals surface area (Å²) in [6.07, 6.45) is 0.364. The Bertz CT molecular complexity index is 1220. The zero-order chi connectivity index (χ0) is 22.7. The minimum atomic E-state index is -3.91. The Labute approximate surface area is 187 Å². The van der Waals surface area contributed by atoms with Crippen molar-refractivity contribution in [1.82, 2.24) is 4.41 Å². The fourth-order valence-electron chi connectivity index (χ4n) is 3.73. The number of nitrogens with zero attached hydrogens (tertiary/aromatic N) is 2. The van der Waals surface area contributed by atoms with Crippen LogP contribution in [0, 0.1) is 0 Å².